The molecule has 2 aromatic rings. The highest BCUT2D eigenvalue weighted by Crippen LogP contribution is 2.23. The second-order valence-corrected chi connectivity index (χ2v) is 5.55. The molecule has 1 aromatic carbocycles. The molecule has 1 aliphatic rings. The maximum Gasteiger partial charge on any atom is 0.236 e. The quantitative estimate of drug-likeness (QED) is 0.878. The molecule has 1 unspecified atom stereocenters. The smallest absolute Gasteiger partial charge is 0.236 e. The minimum atomic E-state index is -0.249. The van der Waals surface area contributed by atoms with E-state index >= 15 is 0 Å². The Morgan fingerprint density at radius 2 is 2.24 bits per heavy atom. The Morgan fingerprint density at radius 1 is 1.43 bits per heavy atom. The largest absolute Gasteiger partial charge is 0.368 e. The third-order valence-electron chi connectivity index (χ3n) is 4.27. The maximum absolute atomic E-state index is 11.6. The molecule has 21 heavy (non-hydrogen) atoms. The number of para-hydroxylation sites is 1. The van der Waals surface area contributed by atoms with E-state index < -0.39 is 0 Å². The van der Waals surface area contributed by atoms with Gasteiger partial charge in [0.1, 0.15) is 6.04 Å². The van der Waals surface area contributed by atoms with Crippen molar-refractivity contribution in [1.82, 2.24) is 14.8 Å². The highest BCUT2D eigenvalue weighted by Gasteiger charge is 2.27. The van der Waals surface area contributed by atoms with E-state index in [1.807, 2.05) is 0 Å². The first kappa shape index (κ1) is 14.1. The lowest BCUT2D eigenvalue weighted by Crippen LogP contribution is -2.56. The van der Waals surface area contributed by atoms with Gasteiger partial charge in [-0.15, -0.1) is 0 Å². The van der Waals surface area contributed by atoms with Crippen LogP contribution < -0.4 is 11.1 Å². The van der Waals surface area contributed by atoms with Gasteiger partial charge in [-0.1, -0.05) is 18.2 Å². The van der Waals surface area contributed by atoms with Crippen LogP contribution in [0.2, 0.25) is 0 Å². The number of benzene rings is 1. The molecule has 1 aliphatic heterocycles. The summed E-state index contributed by atoms with van der Waals surface area (Å²) in [6.07, 6.45) is 2.20. The van der Waals surface area contributed by atoms with E-state index in [4.69, 9.17) is 5.73 Å². The van der Waals surface area contributed by atoms with Crippen molar-refractivity contribution < 1.29 is 4.79 Å². The van der Waals surface area contributed by atoms with E-state index in [1.54, 1.807) is 0 Å². The minimum Gasteiger partial charge on any atom is -0.368 e. The highest BCUT2D eigenvalue weighted by molar-refractivity contribution is 5.84. The number of hydrogen-bond acceptors (Lipinski definition) is 3. The molecule has 1 amide bonds. The Hall–Kier alpha value is -1.85. The van der Waals surface area contributed by atoms with Gasteiger partial charge in [0.15, 0.2) is 0 Å². The number of nitrogens with two attached hydrogens (primary N) is 1. The summed E-state index contributed by atoms with van der Waals surface area (Å²) in [4.78, 5) is 13.8. The Bertz CT molecular complexity index is 649. The van der Waals surface area contributed by atoms with Gasteiger partial charge in [0.2, 0.25) is 5.91 Å². The second-order valence-electron chi connectivity index (χ2n) is 5.55. The first-order valence-corrected chi connectivity index (χ1v) is 7.51. The summed E-state index contributed by atoms with van der Waals surface area (Å²) >= 11 is 0. The van der Waals surface area contributed by atoms with Gasteiger partial charge in [0, 0.05) is 49.8 Å². The molecule has 3 rings (SSSR count). The molecule has 0 spiro atoms. The fourth-order valence-corrected chi connectivity index (χ4v) is 3.15. The average Bonchev–Trinajstić information content (AvgIpc) is 2.86. The number of primary amides is 1. The lowest BCUT2D eigenvalue weighted by Gasteiger charge is -2.33. The predicted octanol–water partition coefficient (Wildman–Crippen LogP) is 0.920. The van der Waals surface area contributed by atoms with Crippen molar-refractivity contribution in [2.24, 2.45) is 5.73 Å². The number of piperazine rings is 1. The number of amides is 1. The normalized spacial score (nSPS) is 20.0. The van der Waals surface area contributed by atoms with Gasteiger partial charge in [-0.05, 0) is 18.6 Å². The number of hydrogen-bond donors (Lipinski definition) is 2. The molecule has 5 heteroatoms. The monoisotopic (exact) mass is 286 g/mol. The van der Waals surface area contributed by atoms with Gasteiger partial charge < -0.3 is 15.6 Å². The van der Waals surface area contributed by atoms with Gasteiger partial charge >= 0.3 is 0 Å². The van der Waals surface area contributed by atoms with Crippen molar-refractivity contribution in [2.45, 2.75) is 26.1 Å². The van der Waals surface area contributed by atoms with E-state index in [-0.39, 0.29) is 11.9 Å². The molecule has 1 saturated heterocycles. The SMILES string of the molecule is CCn1cc(CN2CCNCC2C(N)=O)c2ccccc21. The van der Waals surface area contributed by atoms with Gasteiger partial charge in [-0.2, -0.15) is 0 Å². The summed E-state index contributed by atoms with van der Waals surface area (Å²) < 4.78 is 2.26. The van der Waals surface area contributed by atoms with Gasteiger partial charge in [-0.3, -0.25) is 9.69 Å². The van der Waals surface area contributed by atoms with Crippen LogP contribution in [0, 0.1) is 0 Å². The first-order valence-electron chi connectivity index (χ1n) is 7.51. The van der Waals surface area contributed by atoms with Crippen LogP contribution >= 0.6 is 0 Å². The van der Waals surface area contributed by atoms with E-state index in [9.17, 15) is 4.79 Å². The summed E-state index contributed by atoms with van der Waals surface area (Å²) in [5.41, 5.74) is 8.04. The van der Waals surface area contributed by atoms with Crippen LogP contribution in [0.1, 0.15) is 12.5 Å². The summed E-state index contributed by atoms with van der Waals surface area (Å²) in [5.74, 6) is -0.249. The lowest BCUT2D eigenvalue weighted by atomic mass is 10.1. The number of carbonyl (C=O) groups excluding carboxylic acids is 1. The van der Waals surface area contributed by atoms with Crippen molar-refractivity contribution in [3.8, 4) is 0 Å². The van der Waals surface area contributed by atoms with Crippen molar-refractivity contribution in [3.63, 3.8) is 0 Å². The van der Waals surface area contributed by atoms with Gasteiger partial charge in [0.25, 0.3) is 0 Å². The number of aromatic nitrogens is 1. The Morgan fingerprint density at radius 3 is 3.00 bits per heavy atom. The standard InChI is InChI=1S/C16H22N4O/c1-2-19-10-12(13-5-3-4-6-14(13)19)11-20-8-7-18-9-15(20)16(17)21/h3-6,10,15,18H,2,7-9,11H2,1H3,(H2,17,21). The average molecular weight is 286 g/mol. The predicted molar refractivity (Wildman–Crippen MR) is 83.9 cm³/mol. The van der Waals surface area contributed by atoms with Crippen LogP contribution in [0.4, 0.5) is 0 Å². The van der Waals surface area contributed by atoms with E-state index in [0.717, 1.165) is 26.2 Å². The Balaban J connectivity index is 1.92. The number of aryl methyl sites for hydroxylation is 1. The van der Waals surface area contributed by atoms with E-state index in [2.05, 4.69) is 52.2 Å². The molecule has 1 atom stereocenters. The fraction of sp³-hybridized carbons (Fsp3) is 0.438. The van der Waals surface area contributed by atoms with E-state index in [1.165, 1.54) is 16.5 Å². The molecule has 1 fully saturated rings. The number of nitrogens with zero attached hydrogens (tertiary/aromatic N) is 2. The van der Waals surface area contributed by atoms with Gasteiger partial charge in [-0.25, -0.2) is 0 Å². The molecule has 0 radical (unpaired) electrons. The molecule has 0 aliphatic carbocycles. The number of fused-ring (bicyclic) bond motifs is 1. The topological polar surface area (TPSA) is 63.3 Å². The minimum absolute atomic E-state index is 0.220. The van der Waals surface area contributed by atoms with Crippen LogP contribution in [-0.4, -0.2) is 41.1 Å². The number of nitrogens with one attached hydrogen (secondary N) is 1. The third-order valence-corrected chi connectivity index (χ3v) is 4.27. The zero-order chi connectivity index (χ0) is 14.8. The Kier molecular flexibility index (Phi) is 3.94. The molecule has 0 bridgehead atoms. The molecular formula is C16H22N4O. The zero-order valence-electron chi connectivity index (χ0n) is 12.4. The van der Waals surface area contributed by atoms with E-state index in [0.29, 0.717) is 6.54 Å². The Labute approximate surface area is 124 Å². The summed E-state index contributed by atoms with van der Waals surface area (Å²) in [5, 5.41) is 4.50. The van der Waals surface area contributed by atoms with Crippen LogP contribution in [0.5, 0.6) is 0 Å². The third kappa shape index (κ3) is 2.66. The van der Waals surface area contributed by atoms with Crippen molar-refractivity contribution in [2.75, 3.05) is 19.6 Å². The number of rotatable bonds is 4. The molecule has 3 N–H and O–H groups in total. The number of carbonyl (C=O) groups is 1. The molecular weight excluding hydrogens is 264 g/mol. The summed E-state index contributed by atoms with van der Waals surface area (Å²) in [6, 6.07) is 8.21. The molecule has 0 saturated carbocycles. The second kappa shape index (κ2) is 5.87. The molecule has 2 heterocycles. The van der Waals surface area contributed by atoms with Crippen molar-refractivity contribution in [1.29, 1.82) is 0 Å². The first-order chi connectivity index (χ1) is 10.2. The maximum atomic E-state index is 11.6. The fourth-order valence-electron chi connectivity index (χ4n) is 3.15. The zero-order valence-corrected chi connectivity index (χ0v) is 12.4. The summed E-state index contributed by atoms with van der Waals surface area (Å²) in [6.45, 7) is 6.24. The van der Waals surface area contributed by atoms with Gasteiger partial charge in [0.05, 0.1) is 0 Å². The molecule has 112 valence electrons. The van der Waals surface area contributed by atoms with Crippen LogP contribution in [0.15, 0.2) is 30.5 Å². The van der Waals surface area contributed by atoms with Crippen LogP contribution in [0.25, 0.3) is 10.9 Å². The lowest BCUT2D eigenvalue weighted by molar-refractivity contribution is -0.124. The van der Waals surface area contributed by atoms with Crippen molar-refractivity contribution >= 4 is 16.8 Å². The van der Waals surface area contributed by atoms with Crippen molar-refractivity contribution in [3.05, 3.63) is 36.0 Å². The highest BCUT2D eigenvalue weighted by atomic mass is 16.1. The molecule has 5 nitrogen and oxygen atoms in total. The van der Waals surface area contributed by atoms with Crippen LogP contribution in [0.3, 0.4) is 0 Å². The molecule has 1 aromatic heterocycles. The summed E-state index contributed by atoms with van der Waals surface area (Å²) in [7, 11) is 0. The van der Waals surface area contributed by atoms with Crippen LogP contribution in [-0.2, 0) is 17.9 Å².